The maximum Gasteiger partial charge on any atom is 0.187 e. The Morgan fingerprint density at radius 3 is 2.89 bits per heavy atom. The van der Waals surface area contributed by atoms with Gasteiger partial charge in [-0.05, 0) is 61.8 Å². The third kappa shape index (κ3) is 4.05. The molecule has 3 N–H and O–H groups in total. The zero-order chi connectivity index (χ0) is 20.3. The van der Waals surface area contributed by atoms with Crippen molar-refractivity contribution in [2.45, 2.75) is 53.1 Å². The van der Waals surface area contributed by atoms with Crippen LogP contribution in [0.3, 0.4) is 0 Å². The van der Waals surface area contributed by atoms with Gasteiger partial charge in [0, 0.05) is 24.0 Å². The molecule has 0 fully saturated rings. The average molecular weight is 405 g/mol. The summed E-state index contributed by atoms with van der Waals surface area (Å²) in [4.78, 5) is 0. The van der Waals surface area contributed by atoms with Gasteiger partial charge in [0.2, 0.25) is 0 Å². The Balaban J connectivity index is 2.05. The second-order valence-electron chi connectivity index (χ2n) is 7.43. The number of benzene rings is 1. The maximum atomic E-state index is 13.5. The summed E-state index contributed by atoms with van der Waals surface area (Å²) in [5.41, 5.74) is 7.54. The minimum absolute atomic E-state index is 0.0249. The number of hydrogen-bond donors (Lipinski definition) is 3. The molecule has 5 nitrogen and oxygen atoms in total. The Kier molecular flexibility index (Phi) is 6.67. The standard InChI is InChI=1S/C21H29FN4OS/c1-5-6-18(24-19-11-16(23-4)10-15(12-27)14(19)3)21-17-9-13(2)7-8-20(17)26(25-21)28-22/h6,10-11,13,23-24,27H,5,7-9,12H2,1-4H3/b18-6+/t13-/m0/s1. The quantitative estimate of drug-likeness (QED) is 0.600. The van der Waals surface area contributed by atoms with Gasteiger partial charge in [-0.2, -0.15) is 9.19 Å². The highest BCUT2D eigenvalue weighted by atomic mass is 32.2. The van der Waals surface area contributed by atoms with E-state index in [1.807, 2.05) is 26.1 Å². The van der Waals surface area contributed by atoms with E-state index in [0.717, 1.165) is 70.8 Å². The van der Waals surface area contributed by atoms with Crippen LogP contribution in [0.5, 0.6) is 0 Å². The molecule has 0 amide bonds. The minimum Gasteiger partial charge on any atom is -0.392 e. The molecule has 1 aromatic heterocycles. The largest absolute Gasteiger partial charge is 0.392 e. The van der Waals surface area contributed by atoms with E-state index in [1.165, 1.54) is 4.09 Å². The van der Waals surface area contributed by atoms with Gasteiger partial charge in [-0.3, -0.25) is 0 Å². The van der Waals surface area contributed by atoms with Gasteiger partial charge in [-0.25, -0.2) is 0 Å². The van der Waals surface area contributed by atoms with E-state index in [0.29, 0.717) is 5.92 Å². The van der Waals surface area contributed by atoms with Crippen molar-refractivity contribution in [3.8, 4) is 0 Å². The smallest absolute Gasteiger partial charge is 0.187 e. The number of aliphatic hydroxyl groups excluding tert-OH is 1. The van der Waals surface area contributed by atoms with Crippen molar-refractivity contribution >= 4 is 29.4 Å². The lowest BCUT2D eigenvalue weighted by Crippen LogP contribution is -2.13. The molecule has 152 valence electrons. The van der Waals surface area contributed by atoms with Crippen LogP contribution in [-0.2, 0) is 19.4 Å². The summed E-state index contributed by atoms with van der Waals surface area (Å²) in [6, 6.07) is 3.97. The SMILES string of the molecule is CC/C=C(/Nc1cc(NC)cc(CO)c1C)c1nn(SF)c2c1C[C@@H](C)CC2. The predicted octanol–water partition coefficient (Wildman–Crippen LogP) is 5.09. The van der Waals surface area contributed by atoms with E-state index in [-0.39, 0.29) is 18.9 Å². The fourth-order valence-corrected chi connectivity index (χ4v) is 4.20. The van der Waals surface area contributed by atoms with E-state index in [9.17, 15) is 8.99 Å². The number of hydrogen-bond acceptors (Lipinski definition) is 5. The number of rotatable bonds is 7. The maximum absolute atomic E-state index is 13.5. The van der Waals surface area contributed by atoms with Crippen molar-refractivity contribution < 1.29 is 8.99 Å². The van der Waals surface area contributed by atoms with Gasteiger partial charge in [0.1, 0.15) is 5.69 Å². The Morgan fingerprint density at radius 2 is 2.25 bits per heavy atom. The van der Waals surface area contributed by atoms with E-state index in [4.69, 9.17) is 0 Å². The van der Waals surface area contributed by atoms with Crippen molar-refractivity contribution in [3.05, 3.63) is 46.3 Å². The normalized spacial score (nSPS) is 16.8. The second-order valence-corrected chi connectivity index (χ2v) is 7.91. The summed E-state index contributed by atoms with van der Waals surface area (Å²) in [6.45, 7) is 6.28. The van der Waals surface area contributed by atoms with Crippen molar-refractivity contribution in [3.63, 3.8) is 0 Å². The Hall–Kier alpha value is -1.99. The van der Waals surface area contributed by atoms with Crippen molar-refractivity contribution in [2.24, 2.45) is 5.92 Å². The molecule has 1 aliphatic carbocycles. The topological polar surface area (TPSA) is 62.1 Å². The molecule has 1 aliphatic rings. The van der Waals surface area contributed by atoms with E-state index >= 15 is 0 Å². The molecule has 1 aromatic carbocycles. The highest BCUT2D eigenvalue weighted by molar-refractivity contribution is 7.92. The molecule has 28 heavy (non-hydrogen) atoms. The van der Waals surface area contributed by atoms with Crippen LogP contribution < -0.4 is 10.6 Å². The third-order valence-corrected chi connectivity index (χ3v) is 5.89. The summed E-state index contributed by atoms with van der Waals surface area (Å²) in [6.07, 6.45) is 5.75. The molecular weight excluding hydrogens is 375 g/mol. The number of aliphatic hydroxyl groups is 1. The summed E-state index contributed by atoms with van der Waals surface area (Å²) in [5.74, 6) is 0.562. The zero-order valence-corrected chi connectivity index (χ0v) is 17.8. The van der Waals surface area contributed by atoms with Crippen molar-refractivity contribution in [1.82, 2.24) is 9.19 Å². The fourth-order valence-electron chi connectivity index (χ4n) is 3.80. The van der Waals surface area contributed by atoms with Crippen LogP contribution in [-0.4, -0.2) is 21.3 Å². The molecule has 0 saturated carbocycles. The predicted molar refractivity (Wildman–Crippen MR) is 116 cm³/mol. The molecule has 0 aliphatic heterocycles. The number of nitrogens with one attached hydrogen (secondary N) is 2. The van der Waals surface area contributed by atoms with Gasteiger partial charge in [-0.15, -0.1) is 3.89 Å². The minimum atomic E-state index is -0.0249. The number of aromatic nitrogens is 2. The van der Waals surface area contributed by atoms with Crippen LogP contribution in [0, 0.1) is 12.8 Å². The van der Waals surface area contributed by atoms with Crippen molar-refractivity contribution in [1.29, 1.82) is 0 Å². The number of nitrogens with zero attached hydrogens (tertiary/aromatic N) is 2. The molecular formula is C21H29FN4OS. The van der Waals surface area contributed by atoms with Crippen molar-refractivity contribution in [2.75, 3.05) is 17.7 Å². The first-order chi connectivity index (χ1) is 13.5. The number of allylic oxidation sites excluding steroid dienone is 1. The third-order valence-electron chi connectivity index (χ3n) is 5.45. The number of fused-ring (bicyclic) bond motifs is 1. The van der Waals surface area contributed by atoms with E-state index < -0.39 is 0 Å². The van der Waals surface area contributed by atoms with Crippen LogP contribution >= 0.6 is 12.3 Å². The lowest BCUT2D eigenvalue weighted by Gasteiger charge is -2.21. The fraction of sp³-hybridized carbons (Fsp3) is 0.476. The Morgan fingerprint density at radius 1 is 1.46 bits per heavy atom. The van der Waals surface area contributed by atoms with Gasteiger partial charge >= 0.3 is 0 Å². The van der Waals surface area contributed by atoms with E-state index in [2.05, 4.69) is 35.7 Å². The molecule has 7 heteroatoms. The van der Waals surface area contributed by atoms with Gasteiger partial charge in [0.15, 0.2) is 12.3 Å². The molecule has 2 aromatic rings. The second kappa shape index (κ2) is 9.01. The molecule has 0 spiro atoms. The number of anilines is 2. The Labute approximate surface area is 170 Å². The highest BCUT2D eigenvalue weighted by Gasteiger charge is 2.27. The zero-order valence-electron chi connectivity index (χ0n) is 17.0. The molecule has 3 rings (SSSR count). The lowest BCUT2D eigenvalue weighted by atomic mass is 9.87. The van der Waals surface area contributed by atoms with Crippen LogP contribution in [0.4, 0.5) is 15.3 Å². The molecule has 0 bridgehead atoms. The average Bonchev–Trinajstić information content (AvgIpc) is 3.06. The van der Waals surface area contributed by atoms with Gasteiger partial charge in [-0.1, -0.05) is 19.9 Å². The lowest BCUT2D eigenvalue weighted by molar-refractivity contribution is 0.281. The van der Waals surface area contributed by atoms with Gasteiger partial charge < -0.3 is 15.7 Å². The van der Waals surface area contributed by atoms with Crippen LogP contribution in [0.15, 0.2) is 18.2 Å². The molecule has 0 saturated heterocycles. The highest BCUT2D eigenvalue weighted by Crippen LogP contribution is 2.35. The first kappa shape index (κ1) is 20.7. The first-order valence-corrected chi connectivity index (χ1v) is 10.5. The molecule has 0 unspecified atom stereocenters. The summed E-state index contributed by atoms with van der Waals surface area (Å²) in [7, 11) is 1.86. The summed E-state index contributed by atoms with van der Waals surface area (Å²) < 4.78 is 14.9. The van der Waals surface area contributed by atoms with Crippen LogP contribution in [0.1, 0.15) is 54.8 Å². The number of halogens is 1. The van der Waals surface area contributed by atoms with E-state index in [1.54, 1.807) is 0 Å². The molecule has 0 radical (unpaired) electrons. The monoisotopic (exact) mass is 404 g/mol. The van der Waals surface area contributed by atoms with Crippen LogP contribution in [0.2, 0.25) is 0 Å². The van der Waals surface area contributed by atoms with Gasteiger partial charge in [0.05, 0.1) is 18.0 Å². The Bertz CT molecular complexity index is 878. The molecule has 1 atom stereocenters. The van der Waals surface area contributed by atoms with Gasteiger partial charge in [0.25, 0.3) is 0 Å². The summed E-state index contributed by atoms with van der Waals surface area (Å²) >= 11 is 0.170. The van der Waals surface area contributed by atoms with Crippen LogP contribution in [0.25, 0.3) is 5.70 Å². The summed E-state index contributed by atoms with van der Waals surface area (Å²) in [5, 5.41) is 21.0. The molecule has 1 heterocycles. The first-order valence-electron chi connectivity index (χ1n) is 9.81.